The van der Waals surface area contributed by atoms with Gasteiger partial charge in [0, 0.05) is 6.42 Å². The molecule has 0 spiro atoms. The van der Waals surface area contributed by atoms with Crippen LogP contribution in [0.2, 0.25) is 0 Å². The Kier molecular flexibility index (Phi) is 5.10. The van der Waals surface area contributed by atoms with Crippen molar-refractivity contribution in [2.24, 2.45) is 0 Å². The molecule has 1 unspecified atom stereocenters. The van der Waals surface area contributed by atoms with Crippen LogP contribution >= 0.6 is 12.2 Å². The Morgan fingerprint density at radius 1 is 1.04 bits per heavy atom. The number of nitrogens with zero attached hydrogens (tertiary/aromatic N) is 1. The van der Waals surface area contributed by atoms with Gasteiger partial charge in [0.05, 0.1) is 4.90 Å². The van der Waals surface area contributed by atoms with Gasteiger partial charge in [0.15, 0.2) is 5.11 Å². The van der Waals surface area contributed by atoms with E-state index in [2.05, 4.69) is 26.1 Å². The van der Waals surface area contributed by atoms with Crippen LogP contribution in [-0.2, 0) is 26.7 Å². The van der Waals surface area contributed by atoms with Crippen molar-refractivity contribution in [1.82, 2.24) is 9.62 Å². The molecule has 1 N–H and O–H groups in total. The largest absolute Gasteiger partial charge is 0.300 e. The normalized spacial score (nSPS) is 17.9. The maximum absolute atomic E-state index is 13.2. The average molecular weight is 403 g/mol. The molecular formula is C20H22N2O3S2. The molecule has 1 atom stereocenters. The van der Waals surface area contributed by atoms with Crippen molar-refractivity contribution in [3.05, 3.63) is 65.7 Å². The fourth-order valence-electron chi connectivity index (χ4n) is 3.02. The Hall–Kier alpha value is -2.25. The van der Waals surface area contributed by atoms with Crippen LogP contribution in [0.25, 0.3) is 0 Å². The molecule has 1 aliphatic heterocycles. The summed E-state index contributed by atoms with van der Waals surface area (Å²) in [5.74, 6) is -0.404. The van der Waals surface area contributed by atoms with Crippen molar-refractivity contribution in [2.75, 3.05) is 0 Å². The van der Waals surface area contributed by atoms with E-state index in [9.17, 15) is 13.2 Å². The van der Waals surface area contributed by atoms with E-state index in [0.717, 1.165) is 15.4 Å². The van der Waals surface area contributed by atoms with Crippen LogP contribution in [0.3, 0.4) is 0 Å². The number of hydrogen-bond acceptors (Lipinski definition) is 4. The molecule has 0 bridgehead atoms. The lowest BCUT2D eigenvalue weighted by Gasteiger charge is -2.24. The average Bonchev–Trinajstić information content (AvgIpc) is 2.89. The molecule has 1 fully saturated rings. The molecule has 1 saturated heterocycles. The van der Waals surface area contributed by atoms with Crippen LogP contribution in [0.5, 0.6) is 0 Å². The number of rotatable bonds is 4. The summed E-state index contributed by atoms with van der Waals surface area (Å²) in [7, 11) is -3.94. The van der Waals surface area contributed by atoms with Gasteiger partial charge in [-0.1, -0.05) is 63.2 Å². The molecule has 27 heavy (non-hydrogen) atoms. The van der Waals surface area contributed by atoms with Gasteiger partial charge < -0.3 is 5.32 Å². The van der Waals surface area contributed by atoms with Gasteiger partial charge in [0.1, 0.15) is 6.04 Å². The molecule has 142 valence electrons. The molecule has 0 radical (unpaired) electrons. The van der Waals surface area contributed by atoms with Crippen LogP contribution in [-0.4, -0.2) is 29.8 Å². The first-order valence-electron chi connectivity index (χ1n) is 8.64. The topological polar surface area (TPSA) is 66.5 Å². The Balaban J connectivity index is 1.95. The molecule has 2 aromatic rings. The lowest BCUT2D eigenvalue weighted by molar-refractivity contribution is -0.120. The molecule has 0 saturated carbocycles. The van der Waals surface area contributed by atoms with Crippen LogP contribution in [0.15, 0.2) is 59.5 Å². The molecule has 1 heterocycles. The van der Waals surface area contributed by atoms with E-state index in [4.69, 9.17) is 12.2 Å². The monoisotopic (exact) mass is 402 g/mol. The quantitative estimate of drug-likeness (QED) is 0.799. The molecule has 1 aliphatic rings. The van der Waals surface area contributed by atoms with Crippen molar-refractivity contribution in [3.63, 3.8) is 0 Å². The highest BCUT2D eigenvalue weighted by atomic mass is 32.2. The lowest BCUT2D eigenvalue weighted by atomic mass is 9.87. The zero-order chi connectivity index (χ0) is 19.8. The van der Waals surface area contributed by atoms with Crippen molar-refractivity contribution in [3.8, 4) is 0 Å². The van der Waals surface area contributed by atoms with Crippen molar-refractivity contribution in [2.45, 2.75) is 43.5 Å². The van der Waals surface area contributed by atoms with Crippen LogP contribution in [0, 0.1) is 0 Å². The fraction of sp³-hybridized carbons (Fsp3) is 0.300. The third-order valence-corrected chi connectivity index (χ3v) is 6.80. The summed E-state index contributed by atoms with van der Waals surface area (Å²) in [6.07, 6.45) is 0.256. The zero-order valence-corrected chi connectivity index (χ0v) is 17.1. The summed E-state index contributed by atoms with van der Waals surface area (Å²) in [4.78, 5) is 12.5. The minimum absolute atomic E-state index is 0.0826. The molecule has 5 nitrogen and oxygen atoms in total. The third-order valence-electron chi connectivity index (χ3n) is 4.57. The number of carbonyl (C=O) groups is 1. The highest BCUT2D eigenvalue weighted by Gasteiger charge is 2.43. The van der Waals surface area contributed by atoms with Crippen LogP contribution < -0.4 is 5.32 Å². The maximum Gasteiger partial charge on any atom is 0.266 e. The first-order chi connectivity index (χ1) is 12.6. The second-order valence-corrected chi connectivity index (χ2v) is 9.78. The summed E-state index contributed by atoms with van der Waals surface area (Å²) in [6.45, 7) is 6.18. The minimum atomic E-state index is -3.94. The first kappa shape index (κ1) is 19.5. The molecule has 0 aliphatic carbocycles. The Labute approximate surface area is 165 Å². The number of amides is 1. The van der Waals surface area contributed by atoms with E-state index in [1.54, 1.807) is 24.3 Å². The Morgan fingerprint density at radius 2 is 1.63 bits per heavy atom. The van der Waals surface area contributed by atoms with Gasteiger partial charge in [-0.2, -0.15) is 0 Å². The molecule has 1 amide bonds. The SMILES string of the molecule is CC(C)(C)c1ccc(S(=O)(=O)N2C(=S)NC(=O)C2Cc2ccccc2)cc1. The van der Waals surface area contributed by atoms with Gasteiger partial charge in [-0.25, -0.2) is 12.7 Å². The van der Waals surface area contributed by atoms with E-state index in [1.165, 1.54) is 0 Å². The third kappa shape index (κ3) is 3.89. The summed E-state index contributed by atoms with van der Waals surface area (Å²) in [6, 6.07) is 15.1. The molecule has 3 rings (SSSR count). The van der Waals surface area contributed by atoms with Gasteiger partial charge in [0.25, 0.3) is 15.9 Å². The van der Waals surface area contributed by atoms with E-state index in [1.807, 2.05) is 30.3 Å². The van der Waals surface area contributed by atoms with E-state index < -0.39 is 22.0 Å². The minimum Gasteiger partial charge on any atom is -0.300 e. The highest BCUT2D eigenvalue weighted by molar-refractivity contribution is 7.91. The van der Waals surface area contributed by atoms with E-state index >= 15 is 0 Å². The van der Waals surface area contributed by atoms with Crippen LogP contribution in [0.4, 0.5) is 0 Å². The zero-order valence-electron chi connectivity index (χ0n) is 15.5. The van der Waals surface area contributed by atoms with Gasteiger partial charge in [-0.15, -0.1) is 0 Å². The maximum atomic E-state index is 13.2. The summed E-state index contributed by atoms with van der Waals surface area (Å²) in [5, 5.41) is 2.41. The first-order valence-corrected chi connectivity index (χ1v) is 10.5. The number of sulfonamides is 1. The summed E-state index contributed by atoms with van der Waals surface area (Å²) in [5.41, 5.74) is 1.81. The highest BCUT2D eigenvalue weighted by Crippen LogP contribution is 2.27. The summed E-state index contributed by atoms with van der Waals surface area (Å²) < 4.78 is 27.4. The predicted molar refractivity (Wildman–Crippen MR) is 109 cm³/mol. The number of carbonyl (C=O) groups excluding carboxylic acids is 1. The number of nitrogens with one attached hydrogen (secondary N) is 1. The number of benzene rings is 2. The Bertz CT molecular complexity index is 963. The molecule has 2 aromatic carbocycles. The van der Waals surface area contributed by atoms with Crippen LogP contribution in [0.1, 0.15) is 31.9 Å². The number of thiocarbonyl (C=S) groups is 1. The van der Waals surface area contributed by atoms with Gasteiger partial charge >= 0.3 is 0 Å². The fourth-order valence-corrected chi connectivity index (χ4v) is 5.02. The second kappa shape index (κ2) is 7.05. The van der Waals surface area contributed by atoms with Crippen molar-refractivity contribution in [1.29, 1.82) is 0 Å². The Morgan fingerprint density at radius 3 is 2.19 bits per heavy atom. The number of hydrogen-bond donors (Lipinski definition) is 1. The van der Waals surface area contributed by atoms with Gasteiger partial charge in [-0.3, -0.25) is 4.79 Å². The van der Waals surface area contributed by atoms with E-state index in [-0.39, 0.29) is 21.8 Å². The predicted octanol–water partition coefficient (Wildman–Crippen LogP) is 3.00. The smallest absolute Gasteiger partial charge is 0.266 e. The van der Waals surface area contributed by atoms with Crippen molar-refractivity contribution >= 4 is 33.3 Å². The summed E-state index contributed by atoms with van der Waals surface area (Å²) >= 11 is 5.16. The molecule has 0 aromatic heterocycles. The van der Waals surface area contributed by atoms with Crippen molar-refractivity contribution < 1.29 is 13.2 Å². The molecule has 7 heteroatoms. The standard InChI is InChI=1S/C20H22N2O3S2/c1-20(2,3)15-9-11-16(12-10-15)27(24,25)22-17(18(23)21-19(22)26)13-14-7-5-4-6-8-14/h4-12,17H,13H2,1-3H3,(H,21,23,26). The lowest BCUT2D eigenvalue weighted by Crippen LogP contribution is -2.41. The van der Waals surface area contributed by atoms with Gasteiger partial charge in [-0.05, 0) is 40.9 Å². The van der Waals surface area contributed by atoms with E-state index in [0.29, 0.717) is 0 Å². The van der Waals surface area contributed by atoms with Gasteiger partial charge in [0.2, 0.25) is 0 Å². The molecular weight excluding hydrogens is 380 g/mol. The second-order valence-electron chi connectivity index (χ2n) is 7.58.